The van der Waals surface area contributed by atoms with E-state index in [1.807, 2.05) is 23.0 Å². The number of amides is 2. The fraction of sp³-hybridized carbons (Fsp3) is 0.375. The highest BCUT2D eigenvalue weighted by Crippen LogP contribution is 2.35. The Balaban J connectivity index is 1.42. The van der Waals surface area contributed by atoms with Crippen LogP contribution in [0.25, 0.3) is 21.8 Å². The number of nitrogens with one attached hydrogen (secondary N) is 2. The van der Waals surface area contributed by atoms with Gasteiger partial charge in [-0.3, -0.25) is 19.4 Å². The van der Waals surface area contributed by atoms with Gasteiger partial charge in [0, 0.05) is 24.2 Å². The third-order valence-electron chi connectivity index (χ3n) is 6.50. The average molecular weight is 461 g/mol. The Labute approximate surface area is 196 Å². The van der Waals surface area contributed by atoms with Crippen LogP contribution in [0.2, 0.25) is 0 Å². The maximum atomic E-state index is 13.4. The van der Waals surface area contributed by atoms with Gasteiger partial charge in [-0.1, -0.05) is 13.0 Å². The second kappa shape index (κ2) is 8.44. The van der Waals surface area contributed by atoms with Gasteiger partial charge >= 0.3 is 11.8 Å². The maximum absolute atomic E-state index is 13.4. The number of pyridine rings is 1. The minimum Gasteiger partial charge on any atom is -0.383 e. The van der Waals surface area contributed by atoms with Crippen molar-refractivity contribution in [2.24, 2.45) is 5.92 Å². The van der Waals surface area contributed by atoms with Crippen molar-refractivity contribution in [2.75, 3.05) is 17.6 Å². The first-order chi connectivity index (χ1) is 16.3. The highest BCUT2D eigenvalue weighted by molar-refractivity contribution is 6.40. The number of hydrogen-bond acceptors (Lipinski definition) is 6. The van der Waals surface area contributed by atoms with Crippen LogP contribution in [-0.4, -0.2) is 48.2 Å². The van der Waals surface area contributed by atoms with Crippen molar-refractivity contribution < 1.29 is 9.59 Å². The Morgan fingerprint density at radius 2 is 2.06 bits per heavy atom. The maximum Gasteiger partial charge on any atom is 0.314 e. The molecule has 0 aliphatic carbocycles. The Bertz CT molecular complexity index is 1390. The molecule has 1 aliphatic heterocycles. The van der Waals surface area contributed by atoms with Crippen molar-refractivity contribution in [1.29, 1.82) is 0 Å². The average Bonchev–Trinajstić information content (AvgIpc) is 3.48. The minimum absolute atomic E-state index is 0.182. The summed E-state index contributed by atoms with van der Waals surface area (Å²) in [6.45, 7) is 6.78. The van der Waals surface area contributed by atoms with Gasteiger partial charge in [-0.25, -0.2) is 4.98 Å². The summed E-state index contributed by atoms with van der Waals surface area (Å²) in [5.41, 5.74) is 8.69. The molecule has 4 aromatic rings. The molecule has 1 saturated heterocycles. The number of hydrogen-bond donors (Lipinski definition) is 3. The van der Waals surface area contributed by atoms with Crippen LogP contribution in [0, 0.1) is 5.92 Å². The number of anilines is 2. The Hall–Kier alpha value is -3.95. The molecule has 1 aliphatic rings. The minimum atomic E-state index is -0.713. The number of nitrogens with zero attached hydrogens (tertiary/aromatic N) is 5. The summed E-state index contributed by atoms with van der Waals surface area (Å²) in [4.78, 5) is 32.2. The molecule has 176 valence electrons. The van der Waals surface area contributed by atoms with Crippen molar-refractivity contribution in [3.8, 4) is 0 Å². The number of nitrogens with two attached hydrogens (primary N) is 1. The van der Waals surface area contributed by atoms with Gasteiger partial charge in [-0.15, -0.1) is 0 Å². The Morgan fingerprint density at radius 3 is 2.85 bits per heavy atom. The number of H-pyrrole nitrogens is 1. The number of aromatic nitrogens is 5. The van der Waals surface area contributed by atoms with Crippen LogP contribution in [-0.2, 0) is 9.59 Å². The molecule has 1 fully saturated rings. The van der Waals surface area contributed by atoms with Crippen molar-refractivity contribution >= 4 is 45.1 Å². The summed E-state index contributed by atoms with van der Waals surface area (Å²) in [6.07, 6.45) is 6.76. The molecule has 4 heterocycles. The monoisotopic (exact) mass is 460 g/mol. The summed E-state index contributed by atoms with van der Waals surface area (Å²) in [5, 5.41) is 15.7. The number of nitrogen functional groups attached to an aromatic ring is 1. The van der Waals surface area contributed by atoms with Crippen LogP contribution in [0.5, 0.6) is 0 Å². The topological polar surface area (TPSA) is 135 Å². The molecule has 0 bridgehead atoms. The lowest BCUT2D eigenvalue weighted by Crippen LogP contribution is -2.46. The number of carbonyl (C=O) groups is 2. The van der Waals surface area contributed by atoms with E-state index >= 15 is 0 Å². The molecular formula is C24H28N8O2. The molecule has 3 aromatic heterocycles. The number of likely N-dealkylation sites (tertiary alicyclic amines) is 1. The molecule has 34 heavy (non-hydrogen) atoms. The smallest absolute Gasteiger partial charge is 0.314 e. The van der Waals surface area contributed by atoms with Gasteiger partial charge in [-0.2, -0.15) is 10.2 Å². The molecule has 5 rings (SSSR count). The van der Waals surface area contributed by atoms with E-state index in [0.29, 0.717) is 34.9 Å². The van der Waals surface area contributed by atoms with E-state index in [-0.39, 0.29) is 12.1 Å². The second-order valence-electron chi connectivity index (χ2n) is 9.35. The van der Waals surface area contributed by atoms with Gasteiger partial charge in [0.1, 0.15) is 5.82 Å². The molecule has 2 amide bonds. The van der Waals surface area contributed by atoms with E-state index < -0.39 is 11.8 Å². The number of rotatable bonds is 3. The van der Waals surface area contributed by atoms with Crippen LogP contribution in [0.1, 0.15) is 51.3 Å². The zero-order valence-electron chi connectivity index (χ0n) is 19.4. The van der Waals surface area contributed by atoms with Crippen LogP contribution in [0.3, 0.4) is 0 Å². The summed E-state index contributed by atoms with van der Waals surface area (Å²) in [6, 6.07) is 6.16. The van der Waals surface area contributed by atoms with E-state index in [1.54, 1.807) is 4.90 Å². The first-order valence-electron chi connectivity index (χ1n) is 11.5. The van der Waals surface area contributed by atoms with Gasteiger partial charge in [-0.05, 0) is 50.3 Å². The van der Waals surface area contributed by atoms with E-state index in [0.717, 1.165) is 29.3 Å². The fourth-order valence-corrected chi connectivity index (χ4v) is 4.61. The molecular weight excluding hydrogens is 432 g/mol. The second-order valence-corrected chi connectivity index (χ2v) is 9.35. The standard InChI is InChI=1S/C24H28N8O2/c1-13(2)32-12-16-8-15(5-6-18(16)30-32)20-7-4-14(3)11-31(20)24(34)23(33)28-19-10-26-22(25)17-9-27-29-21(17)19/h5-6,8-10,12-14,20H,4,7,11H2,1-3H3,(H2,25,26)(H,27,29)(H,28,33). The predicted molar refractivity (Wildman–Crippen MR) is 130 cm³/mol. The van der Waals surface area contributed by atoms with Crippen LogP contribution in [0.15, 0.2) is 36.8 Å². The molecule has 4 N–H and O–H groups in total. The summed E-state index contributed by atoms with van der Waals surface area (Å²) in [5.74, 6) is -0.679. The third kappa shape index (κ3) is 3.85. The van der Waals surface area contributed by atoms with Gasteiger partial charge < -0.3 is 16.0 Å². The van der Waals surface area contributed by atoms with Crippen molar-refractivity contribution in [3.63, 3.8) is 0 Å². The molecule has 10 heteroatoms. The molecule has 2 atom stereocenters. The normalized spacial score (nSPS) is 18.6. The number of benzene rings is 1. The Kier molecular flexibility index (Phi) is 5.43. The number of fused-ring (bicyclic) bond motifs is 2. The lowest BCUT2D eigenvalue weighted by Gasteiger charge is -2.38. The van der Waals surface area contributed by atoms with Gasteiger partial charge in [0.2, 0.25) is 0 Å². The third-order valence-corrected chi connectivity index (χ3v) is 6.50. The summed E-state index contributed by atoms with van der Waals surface area (Å²) >= 11 is 0. The highest BCUT2D eigenvalue weighted by atomic mass is 16.2. The molecule has 0 radical (unpaired) electrons. The van der Waals surface area contributed by atoms with E-state index in [2.05, 4.69) is 52.4 Å². The van der Waals surface area contributed by atoms with Gasteiger partial charge in [0.05, 0.1) is 40.5 Å². The van der Waals surface area contributed by atoms with Gasteiger partial charge in [0.25, 0.3) is 0 Å². The lowest BCUT2D eigenvalue weighted by atomic mass is 9.89. The van der Waals surface area contributed by atoms with E-state index in [1.165, 1.54) is 12.4 Å². The molecule has 0 spiro atoms. The SMILES string of the molecule is CC1CCC(c2ccc3nn(C(C)C)cc3c2)N(C(=O)C(=O)Nc2cnc(N)c3cn[nH]c23)C1. The van der Waals surface area contributed by atoms with Crippen molar-refractivity contribution in [2.45, 2.75) is 45.7 Å². The molecule has 1 aromatic carbocycles. The summed E-state index contributed by atoms with van der Waals surface area (Å²) < 4.78 is 1.94. The largest absolute Gasteiger partial charge is 0.383 e. The molecule has 10 nitrogen and oxygen atoms in total. The van der Waals surface area contributed by atoms with Crippen molar-refractivity contribution in [3.05, 3.63) is 42.4 Å². The molecule has 0 saturated carbocycles. The fourth-order valence-electron chi connectivity index (χ4n) is 4.61. The predicted octanol–water partition coefficient (Wildman–Crippen LogP) is 3.41. The van der Waals surface area contributed by atoms with Crippen LogP contribution < -0.4 is 11.1 Å². The zero-order chi connectivity index (χ0) is 24.0. The van der Waals surface area contributed by atoms with Crippen molar-refractivity contribution in [1.82, 2.24) is 29.9 Å². The van der Waals surface area contributed by atoms with E-state index in [4.69, 9.17) is 5.73 Å². The lowest BCUT2D eigenvalue weighted by molar-refractivity contribution is -0.146. The van der Waals surface area contributed by atoms with Gasteiger partial charge in [0.15, 0.2) is 0 Å². The van der Waals surface area contributed by atoms with Crippen LogP contribution in [0.4, 0.5) is 11.5 Å². The van der Waals surface area contributed by atoms with Crippen LogP contribution >= 0.6 is 0 Å². The van der Waals surface area contributed by atoms with E-state index in [9.17, 15) is 9.59 Å². The number of piperidine rings is 1. The number of carbonyl (C=O) groups excluding carboxylic acids is 2. The Morgan fingerprint density at radius 1 is 1.24 bits per heavy atom. The zero-order valence-corrected chi connectivity index (χ0v) is 19.4. The first kappa shape index (κ1) is 21.9. The quantitative estimate of drug-likeness (QED) is 0.401. The summed E-state index contributed by atoms with van der Waals surface area (Å²) in [7, 11) is 0. The first-order valence-corrected chi connectivity index (χ1v) is 11.5. The number of aromatic amines is 1. The highest BCUT2D eigenvalue weighted by Gasteiger charge is 2.34. The molecule has 2 unspecified atom stereocenters.